The van der Waals surface area contributed by atoms with Crippen LogP contribution in [0.3, 0.4) is 0 Å². The highest BCUT2D eigenvalue weighted by Gasteiger charge is 2.13. The highest BCUT2D eigenvalue weighted by Crippen LogP contribution is 2.16. The number of carbonyl (C=O) groups excluding carboxylic acids is 3. The number of anilines is 2. The molecule has 7 heteroatoms. The molecule has 0 bridgehead atoms. The Balaban J connectivity index is 1.75. The molecule has 6 nitrogen and oxygen atoms in total. The smallest absolute Gasteiger partial charge is 0.337 e. The van der Waals surface area contributed by atoms with E-state index >= 15 is 0 Å². The number of amides is 2. The molecule has 146 valence electrons. The van der Waals surface area contributed by atoms with Gasteiger partial charge in [0.2, 0.25) is 0 Å². The van der Waals surface area contributed by atoms with E-state index in [0.29, 0.717) is 11.3 Å². The number of halogens is 1. The number of esters is 1. The summed E-state index contributed by atoms with van der Waals surface area (Å²) >= 11 is 0. The second kappa shape index (κ2) is 8.79. The van der Waals surface area contributed by atoms with Crippen LogP contribution in [0.1, 0.15) is 31.1 Å². The van der Waals surface area contributed by atoms with Crippen molar-refractivity contribution in [1.29, 1.82) is 0 Å². The molecule has 0 unspecified atom stereocenters. The number of methoxy groups -OCH3 is 1. The van der Waals surface area contributed by atoms with E-state index in [4.69, 9.17) is 0 Å². The second-order valence-corrected chi connectivity index (χ2v) is 6.04. The lowest BCUT2D eigenvalue weighted by Gasteiger charge is -2.09. The van der Waals surface area contributed by atoms with Crippen molar-refractivity contribution in [2.45, 2.75) is 0 Å². The highest BCUT2D eigenvalue weighted by atomic mass is 19.1. The number of nitrogens with one attached hydrogen (secondary N) is 2. The molecule has 0 aromatic heterocycles. The maximum atomic E-state index is 13.7. The summed E-state index contributed by atoms with van der Waals surface area (Å²) in [5, 5.41) is 5.14. The van der Waals surface area contributed by atoms with Crippen LogP contribution in [0.4, 0.5) is 15.8 Å². The summed E-state index contributed by atoms with van der Waals surface area (Å²) in [6.07, 6.45) is 0. The first-order chi connectivity index (χ1) is 14.0. The van der Waals surface area contributed by atoms with Crippen molar-refractivity contribution in [3.63, 3.8) is 0 Å². The summed E-state index contributed by atoms with van der Waals surface area (Å²) in [7, 11) is 1.27. The number of hydrogen-bond donors (Lipinski definition) is 2. The lowest BCUT2D eigenvalue weighted by Crippen LogP contribution is -2.16. The van der Waals surface area contributed by atoms with Gasteiger partial charge in [-0.05, 0) is 48.5 Å². The predicted octanol–water partition coefficient (Wildman–Crippen LogP) is 4.12. The minimum atomic E-state index is -0.555. The molecule has 0 spiro atoms. The molecule has 0 heterocycles. The normalized spacial score (nSPS) is 10.1. The summed E-state index contributed by atoms with van der Waals surface area (Å²) in [6, 6.07) is 18.1. The molecule has 3 rings (SSSR count). The van der Waals surface area contributed by atoms with Crippen molar-refractivity contribution in [2.24, 2.45) is 0 Å². The van der Waals surface area contributed by atoms with Gasteiger partial charge in [-0.3, -0.25) is 9.59 Å². The Hall–Kier alpha value is -4.00. The Kier molecular flexibility index (Phi) is 5.99. The van der Waals surface area contributed by atoms with E-state index < -0.39 is 23.6 Å². The monoisotopic (exact) mass is 392 g/mol. The van der Waals surface area contributed by atoms with Gasteiger partial charge in [-0.15, -0.1) is 0 Å². The molecule has 2 N–H and O–H groups in total. The SMILES string of the molecule is COC(=O)c1cccc(NC(=O)c2cccc(C(=O)Nc3ccccc3F)c2)c1. The molecule has 0 fully saturated rings. The first kappa shape index (κ1) is 19.8. The molecular formula is C22H17FN2O4. The molecule has 3 aromatic rings. The third-order valence-corrected chi connectivity index (χ3v) is 4.05. The molecule has 3 aromatic carbocycles. The Bertz CT molecular complexity index is 1080. The van der Waals surface area contributed by atoms with Gasteiger partial charge in [0.25, 0.3) is 11.8 Å². The van der Waals surface area contributed by atoms with Crippen LogP contribution < -0.4 is 10.6 Å². The lowest BCUT2D eigenvalue weighted by atomic mass is 10.1. The number of para-hydroxylation sites is 1. The summed E-state index contributed by atoms with van der Waals surface area (Å²) < 4.78 is 18.4. The number of rotatable bonds is 5. The quantitative estimate of drug-likeness (QED) is 0.640. The number of carbonyl (C=O) groups is 3. The summed E-state index contributed by atoms with van der Waals surface area (Å²) in [4.78, 5) is 36.5. The average molecular weight is 392 g/mol. The first-order valence-electron chi connectivity index (χ1n) is 8.63. The van der Waals surface area contributed by atoms with Crippen LogP contribution in [0.15, 0.2) is 72.8 Å². The van der Waals surface area contributed by atoms with Crippen molar-refractivity contribution in [3.8, 4) is 0 Å². The Labute approximate surface area is 166 Å². The number of benzene rings is 3. The van der Waals surface area contributed by atoms with Crippen molar-refractivity contribution >= 4 is 29.2 Å². The molecule has 0 radical (unpaired) electrons. The van der Waals surface area contributed by atoms with Crippen LogP contribution in [0.2, 0.25) is 0 Å². The molecule has 0 aliphatic rings. The molecular weight excluding hydrogens is 375 g/mol. The standard InChI is InChI=1S/C22H17FN2O4/c1-29-22(28)16-8-5-9-17(13-16)24-20(26)14-6-4-7-15(12-14)21(27)25-19-11-3-2-10-18(19)23/h2-13H,1H3,(H,24,26)(H,25,27). The van der Waals surface area contributed by atoms with E-state index in [1.165, 1.54) is 43.5 Å². The lowest BCUT2D eigenvalue weighted by molar-refractivity contribution is 0.0600. The van der Waals surface area contributed by atoms with E-state index in [-0.39, 0.29) is 16.8 Å². The fourth-order valence-electron chi connectivity index (χ4n) is 2.60. The molecule has 0 aliphatic heterocycles. The summed E-state index contributed by atoms with van der Waals surface area (Å²) in [5.74, 6) is -2.09. The van der Waals surface area contributed by atoms with Crippen LogP contribution >= 0.6 is 0 Å². The molecule has 0 saturated heterocycles. The van der Waals surface area contributed by atoms with Gasteiger partial charge in [0.15, 0.2) is 0 Å². The van der Waals surface area contributed by atoms with Gasteiger partial charge >= 0.3 is 5.97 Å². The zero-order valence-electron chi connectivity index (χ0n) is 15.4. The Morgan fingerprint density at radius 1 is 0.759 bits per heavy atom. The van der Waals surface area contributed by atoms with Gasteiger partial charge in [-0.2, -0.15) is 0 Å². The highest BCUT2D eigenvalue weighted by molar-refractivity contribution is 6.09. The van der Waals surface area contributed by atoms with Gasteiger partial charge in [0.1, 0.15) is 5.82 Å². The third-order valence-electron chi connectivity index (χ3n) is 4.05. The van der Waals surface area contributed by atoms with E-state index in [1.807, 2.05) is 0 Å². The predicted molar refractivity (Wildman–Crippen MR) is 107 cm³/mol. The molecule has 0 aliphatic carbocycles. The Morgan fingerprint density at radius 2 is 1.38 bits per heavy atom. The number of ether oxygens (including phenoxy) is 1. The molecule has 0 saturated carbocycles. The van der Waals surface area contributed by atoms with Crippen LogP contribution in [-0.2, 0) is 4.74 Å². The molecule has 2 amide bonds. The summed E-state index contributed by atoms with van der Waals surface area (Å²) in [6.45, 7) is 0. The molecule has 29 heavy (non-hydrogen) atoms. The van der Waals surface area contributed by atoms with E-state index in [9.17, 15) is 18.8 Å². The third kappa shape index (κ3) is 4.84. The van der Waals surface area contributed by atoms with E-state index in [2.05, 4.69) is 15.4 Å². The van der Waals surface area contributed by atoms with Crippen molar-refractivity contribution < 1.29 is 23.5 Å². The fraction of sp³-hybridized carbons (Fsp3) is 0.0455. The van der Waals surface area contributed by atoms with Crippen molar-refractivity contribution in [2.75, 3.05) is 17.7 Å². The minimum absolute atomic E-state index is 0.0481. The van der Waals surface area contributed by atoms with Gasteiger partial charge in [-0.1, -0.05) is 24.3 Å². The van der Waals surface area contributed by atoms with Crippen LogP contribution in [0.5, 0.6) is 0 Å². The van der Waals surface area contributed by atoms with Crippen LogP contribution in [0, 0.1) is 5.82 Å². The van der Waals surface area contributed by atoms with E-state index in [1.54, 1.807) is 36.4 Å². The maximum absolute atomic E-state index is 13.7. The fourth-order valence-corrected chi connectivity index (χ4v) is 2.60. The zero-order chi connectivity index (χ0) is 20.8. The van der Waals surface area contributed by atoms with Crippen molar-refractivity contribution in [3.05, 3.63) is 95.3 Å². The van der Waals surface area contributed by atoms with Crippen LogP contribution in [-0.4, -0.2) is 24.9 Å². The summed E-state index contributed by atoms with van der Waals surface area (Å²) in [5.41, 5.74) is 1.17. The minimum Gasteiger partial charge on any atom is -0.465 e. The van der Waals surface area contributed by atoms with Gasteiger partial charge in [-0.25, -0.2) is 9.18 Å². The van der Waals surface area contributed by atoms with Crippen LogP contribution in [0.25, 0.3) is 0 Å². The van der Waals surface area contributed by atoms with Crippen molar-refractivity contribution in [1.82, 2.24) is 0 Å². The first-order valence-corrected chi connectivity index (χ1v) is 8.63. The average Bonchev–Trinajstić information content (AvgIpc) is 2.75. The maximum Gasteiger partial charge on any atom is 0.337 e. The Morgan fingerprint density at radius 3 is 2.07 bits per heavy atom. The van der Waals surface area contributed by atoms with E-state index in [0.717, 1.165) is 0 Å². The number of hydrogen-bond acceptors (Lipinski definition) is 4. The van der Waals surface area contributed by atoms with Gasteiger partial charge in [0.05, 0.1) is 18.4 Å². The largest absolute Gasteiger partial charge is 0.465 e. The van der Waals surface area contributed by atoms with Gasteiger partial charge < -0.3 is 15.4 Å². The topological polar surface area (TPSA) is 84.5 Å². The van der Waals surface area contributed by atoms with Gasteiger partial charge in [0, 0.05) is 16.8 Å². The molecule has 0 atom stereocenters. The second-order valence-electron chi connectivity index (χ2n) is 6.04. The zero-order valence-corrected chi connectivity index (χ0v) is 15.4.